The Morgan fingerprint density at radius 2 is 1.59 bits per heavy atom. The van der Waals surface area contributed by atoms with Crippen LogP contribution in [0.2, 0.25) is 0 Å². The van der Waals surface area contributed by atoms with Gasteiger partial charge in [0.25, 0.3) is 0 Å². The van der Waals surface area contributed by atoms with Gasteiger partial charge < -0.3 is 14.4 Å². The molecule has 0 heterocycles. The first-order valence-electron chi connectivity index (χ1n) is 8.60. The number of rotatable bonds is 8. The number of carbonyl (C=O) groups is 2. The molecule has 0 spiro atoms. The molecule has 6 heteroatoms. The first kappa shape index (κ1) is 20.4. The highest BCUT2D eigenvalue weighted by Crippen LogP contribution is 2.30. The molecule has 0 unspecified atom stereocenters. The second-order valence-corrected chi connectivity index (χ2v) is 6.31. The van der Waals surface area contributed by atoms with Crippen LogP contribution in [0.15, 0.2) is 36.4 Å². The predicted molar refractivity (Wildman–Crippen MR) is 101 cm³/mol. The zero-order chi connectivity index (χ0) is 20.0. The molecule has 2 aromatic carbocycles. The summed E-state index contributed by atoms with van der Waals surface area (Å²) >= 11 is 0. The van der Waals surface area contributed by atoms with E-state index in [4.69, 9.17) is 9.47 Å². The van der Waals surface area contributed by atoms with Gasteiger partial charge in [-0.25, -0.2) is 4.39 Å². The molecular weight excluding hydrogens is 349 g/mol. The Balaban J connectivity index is 1.97. The van der Waals surface area contributed by atoms with Crippen LogP contribution in [0.25, 0.3) is 0 Å². The van der Waals surface area contributed by atoms with Crippen molar-refractivity contribution >= 4 is 11.7 Å². The lowest BCUT2D eigenvalue weighted by Gasteiger charge is -2.20. The molecule has 2 aromatic rings. The molecule has 0 aliphatic rings. The van der Waals surface area contributed by atoms with Crippen molar-refractivity contribution in [2.45, 2.75) is 26.3 Å². The minimum absolute atomic E-state index is 0.0831. The zero-order valence-corrected chi connectivity index (χ0v) is 16.0. The fraction of sp³-hybridized carbons (Fsp3) is 0.333. The molecule has 144 valence electrons. The van der Waals surface area contributed by atoms with Gasteiger partial charge in [-0.05, 0) is 54.4 Å². The third-order valence-electron chi connectivity index (χ3n) is 4.41. The smallest absolute Gasteiger partial charge is 0.223 e. The van der Waals surface area contributed by atoms with Gasteiger partial charge in [0.2, 0.25) is 5.91 Å². The summed E-state index contributed by atoms with van der Waals surface area (Å²) in [7, 11) is 4.83. The summed E-state index contributed by atoms with van der Waals surface area (Å²) in [5.74, 6) is 0.523. The van der Waals surface area contributed by atoms with Crippen LogP contribution in [0.1, 0.15) is 34.3 Å². The first-order valence-corrected chi connectivity index (χ1v) is 8.60. The Labute approximate surface area is 158 Å². The lowest BCUT2D eigenvalue weighted by atomic mass is 10.1. The van der Waals surface area contributed by atoms with Crippen molar-refractivity contribution in [1.82, 2.24) is 4.90 Å². The monoisotopic (exact) mass is 373 g/mol. The lowest BCUT2D eigenvalue weighted by molar-refractivity contribution is -0.130. The Hall–Kier alpha value is -2.89. The highest BCUT2D eigenvalue weighted by Gasteiger charge is 2.15. The second-order valence-electron chi connectivity index (χ2n) is 6.31. The maximum absolute atomic E-state index is 12.9. The number of nitrogens with zero attached hydrogens (tertiary/aromatic N) is 1. The molecule has 0 saturated carbocycles. The minimum atomic E-state index is -0.396. The maximum Gasteiger partial charge on any atom is 0.223 e. The van der Waals surface area contributed by atoms with Crippen LogP contribution in [0.3, 0.4) is 0 Å². The molecule has 0 N–H and O–H groups in total. The molecule has 0 bridgehead atoms. The standard InChI is InChI=1S/C21H24FNO4/c1-14-11-19(26-3)20(27-4)12-16(14)13-23(2)21(25)10-9-18(24)15-5-7-17(22)8-6-15/h5-8,11-12H,9-10,13H2,1-4H3. The van der Waals surface area contributed by atoms with Crippen LogP contribution in [-0.2, 0) is 11.3 Å². The average Bonchev–Trinajstić information content (AvgIpc) is 2.67. The fourth-order valence-electron chi connectivity index (χ4n) is 2.73. The first-order chi connectivity index (χ1) is 12.8. The maximum atomic E-state index is 12.9. The highest BCUT2D eigenvalue weighted by molar-refractivity contribution is 5.97. The summed E-state index contributed by atoms with van der Waals surface area (Å²) in [6.07, 6.45) is 0.179. The number of halogens is 1. The topological polar surface area (TPSA) is 55.8 Å². The van der Waals surface area contributed by atoms with Crippen molar-refractivity contribution in [3.63, 3.8) is 0 Å². The lowest BCUT2D eigenvalue weighted by Crippen LogP contribution is -2.27. The normalized spacial score (nSPS) is 10.4. The molecule has 0 atom stereocenters. The van der Waals surface area contributed by atoms with Gasteiger partial charge in [0.1, 0.15) is 5.82 Å². The Kier molecular flexibility index (Phi) is 6.93. The van der Waals surface area contributed by atoms with Gasteiger partial charge >= 0.3 is 0 Å². The van der Waals surface area contributed by atoms with Crippen LogP contribution in [0.4, 0.5) is 4.39 Å². The number of ketones is 1. The van der Waals surface area contributed by atoms with Crippen molar-refractivity contribution in [2.24, 2.45) is 0 Å². The molecule has 27 heavy (non-hydrogen) atoms. The van der Waals surface area contributed by atoms with E-state index < -0.39 is 5.82 Å². The van der Waals surface area contributed by atoms with Crippen LogP contribution in [0.5, 0.6) is 11.5 Å². The molecule has 0 aliphatic carbocycles. The van der Waals surface area contributed by atoms with Crippen LogP contribution in [-0.4, -0.2) is 37.9 Å². The van der Waals surface area contributed by atoms with Crippen molar-refractivity contribution in [1.29, 1.82) is 0 Å². The number of methoxy groups -OCH3 is 2. The quantitative estimate of drug-likeness (QED) is 0.661. The molecule has 0 radical (unpaired) electrons. The van der Waals surface area contributed by atoms with Gasteiger partial charge in [0.05, 0.1) is 14.2 Å². The summed E-state index contributed by atoms with van der Waals surface area (Å²) in [5, 5.41) is 0. The summed E-state index contributed by atoms with van der Waals surface area (Å²) < 4.78 is 23.5. The van der Waals surface area contributed by atoms with E-state index in [1.54, 1.807) is 26.2 Å². The number of hydrogen-bond donors (Lipinski definition) is 0. The molecular formula is C21H24FNO4. The third kappa shape index (κ3) is 5.29. The van der Waals surface area contributed by atoms with E-state index in [1.165, 1.54) is 24.3 Å². The average molecular weight is 373 g/mol. The molecule has 5 nitrogen and oxygen atoms in total. The van der Waals surface area contributed by atoms with Crippen LogP contribution >= 0.6 is 0 Å². The van der Waals surface area contributed by atoms with Crippen LogP contribution in [0, 0.1) is 12.7 Å². The number of ether oxygens (including phenoxy) is 2. The van der Waals surface area contributed by atoms with Crippen molar-refractivity contribution in [3.05, 3.63) is 58.9 Å². The van der Waals surface area contributed by atoms with Crippen molar-refractivity contribution in [3.8, 4) is 11.5 Å². The molecule has 1 amide bonds. The number of carbonyl (C=O) groups excluding carboxylic acids is 2. The van der Waals surface area contributed by atoms with Gasteiger partial charge in [0.15, 0.2) is 17.3 Å². The van der Waals surface area contributed by atoms with E-state index in [2.05, 4.69) is 0 Å². The van der Waals surface area contributed by atoms with E-state index in [0.29, 0.717) is 23.6 Å². The summed E-state index contributed by atoms with van der Waals surface area (Å²) in [6.45, 7) is 2.34. The van der Waals surface area contributed by atoms with E-state index in [9.17, 15) is 14.0 Å². The Bertz CT molecular complexity index is 818. The van der Waals surface area contributed by atoms with Crippen molar-refractivity contribution in [2.75, 3.05) is 21.3 Å². The van der Waals surface area contributed by atoms with Gasteiger partial charge in [-0.1, -0.05) is 0 Å². The SMILES string of the molecule is COc1cc(C)c(CN(C)C(=O)CCC(=O)c2ccc(F)cc2)cc1OC. The Morgan fingerprint density at radius 3 is 2.19 bits per heavy atom. The molecule has 0 fully saturated rings. The van der Waals surface area contributed by atoms with Crippen molar-refractivity contribution < 1.29 is 23.5 Å². The van der Waals surface area contributed by atoms with Gasteiger partial charge in [-0.15, -0.1) is 0 Å². The molecule has 0 aliphatic heterocycles. The minimum Gasteiger partial charge on any atom is -0.493 e. The van der Waals surface area contributed by atoms with Crippen LogP contribution < -0.4 is 9.47 Å². The van der Waals surface area contributed by atoms with E-state index in [-0.39, 0.29) is 24.5 Å². The molecule has 0 aromatic heterocycles. The summed E-state index contributed by atoms with van der Waals surface area (Å²) in [4.78, 5) is 26.1. The molecule has 0 saturated heterocycles. The largest absolute Gasteiger partial charge is 0.493 e. The molecule has 2 rings (SSSR count). The predicted octanol–water partition coefficient (Wildman–Crippen LogP) is 3.77. The number of amides is 1. The number of aryl methyl sites for hydroxylation is 1. The third-order valence-corrected chi connectivity index (χ3v) is 4.41. The van der Waals surface area contributed by atoms with E-state index >= 15 is 0 Å². The zero-order valence-electron chi connectivity index (χ0n) is 16.0. The highest BCUT2D eigenvalue weighted by atomic mass is 19.1. The van der Waals surface area contributed by atoms with Gasteiger partial charge in [-0.3, -0.25) is 9.59 Å². The van der Waals surface area contributed by atoms with Gasteiger partial charge in [0, 0.05) is 32.0 Å². The summed E-state index contributed by atoms with van der Waals surface area (Å²) in [6, 6.07) is 9.05. The van der Waals surface area contributed by atoms with E-state index in [1.807, 2.05) is 19.1 Å². The van der Waals surface area contributed by atoms with Gasteiger partial charge in [-0.2, -0.15) is 0 Å². The second kappa shape index (κ2) is 9.16. The summed E-state index contributed by atoms with van der Waals surface area (Å²) in [5.41, 5.74) is 2.32. The Morgan fingerprint density at radius 1 is 1.00 bits per heavy atom. The van der Waals surface area contributed by atoms with E-state index in [0.717, 1.165) is 11.1 Å². The number of hydrogen-bond acceptors (Lipinski definition) is 4. The number of benzene rings is 2. The fourth-order valence-corrected chi connectivity index (χ4v) is 2.73. The number of Topliss-reactive ketones (excluding diaryl/α,β-unsaturated/α-hetero) is 1.